The Labute approximate surface area is 89.5 Å². The molecule has 0 saturated heterocycles. The number of aliphatic hydroxyl groups is 1. The van der Waals surface area contributed by atoms with Crippen LogP contribution in [0, 0.1) is 5.21 Å². The molecular formula is C11H16N2O2. The van der Waals surface area contributed by atoms with Crippen LogP contribution in [0.25, 0.3) is 0 Å². The molecule has 1 rings (SSSR count). The van der Waals surface area contributed by atoms with Gasteiger partial charge < -0.3 is 10.3 Å². The Bertz CT molecular complexity index is 345. The SMILES string of the molecule is CC(O)C(C)(C)N=[N+]([O-])c1ccccc1. The van der Waals surface area contributed by atoms with E-state index in [1.165, 1.54) is 0 Å². The van der Waals surface area contributed by atoms with Gasteiger partial charge >= 0.3 is 0 Å². The second-order valence-corrected chi connectivity index (χ2v) is 4.04. The molecule has 4 nitrogen and oxygen atoms in total. The van der Waals surface area contributed by atoms with Gasteiger partial charge in [0.1, 0.15) is 5.54 Å². The van der Waals surface area contributed by atoms with Crippen LogP contribution in [0.4, 0.5) is 5.69 Å². The van der Waals surface area contributed by atoms with Gasteiger partial charge in [-0.05, 0) is 25.9 Å². The second kappa shape index (κ2) is 4.40. The molecule has 0 saturated carbocycles. The molecule has 0 bridgehead atoms. The molecular weight excluding hydrogens is 192 g/mol. The fourth-order valence-electron chi connectivity index (χ4n) is 0.931. The molecule has 0 heterocycles. The highest BCUT2D eigenvalue weighted by Crippen LogP contribution is 2.18. The number of benzene rings is 1. The molecule has 15 heavy (non-hydrogen) atoms. The van der Waals surface area contributed by atoms with Gasteiger partial charge in [-0.1, -0.05) is 23.1 Å². The second-order valence-electron chi connectivity index (χ2n) is 4.04. The number of azo groups is 1. The topological polar surface area (TPSA) is 58.7 Å². The van der Waals surface area contributed by atoms with E-state index in [-0.39, 0.29) is 0 Å². The smallest absolute Gasteiger partial charge is 0.244 e. The summed E-state index contributed by atoms with van der Waals surface area (Å²) in [5.74, 6) is 0. The Hall–Kier alpha value is -1.42. The predicted octanol–water partition coefficient (Wildman–Crippen LogP) is 2.44. The van der Waals surface area contributed by atoms with Gasteiger partial charge in [0.25, 0.3) is 0 Å². The Morgan fingerprint density at radius 1 is 1.33 bits per heavy atom. The maximum atomic E-state index is 11.6. The summed E-state index contributed by atoms with van der Waals surface area (Å²) < 4.78 is 0. The first-order chi connectivity index (χ1) is 6.93. The van der Waals surface area contributed by atoms with E-state index in [1.807, 2.05) is 6.07 Å². The lowest BCUT2D eigenvalue weighted by atomic mass is 10.0. The van der Waals surface area contributed by atoms with E-state index in [2.05, 4.69) is 5.11 Å². The third-order valence-electron chi connectivity index (χ3n) is 2.35. The largest absolute Gasteiger partial charge is 0.594 e. The van der Waals surface area contributed by atoms with Gasteiger partial charge in [0, 0.05) is 12.1 Å². The van der Waals surface area contributed by atoms with Crippen molar-refractivity contribution in [3.63, 3.8) is 0 Å². The molecule has 0 aliphatic heterocycles. The van der Waals surface area contributed by atoms with E-state index < -0.39 is 11.6 Å². The molecule has 0 radical (unpaired) electrons. The molecule has 0 spiro atoms. The zero-order valence-electron chi connectivity index (χ0n) is 9.21. The van der Waals surface area contributed by atoms with E-state index in [4.69, 9.17) is 0 Å². The standard InChI is InChI=1S/C11H16N2O2/c1-9(14)11(2,3)12-13(15)10-7-5-4-6-8-10/h4-9,14H,1-3H3. The van der Waals surface area contributed by atoms with E-state index in [0.29, 0.717) is 10.5 Å². The predicted molar refractivity (Wildman–Crippen MR) is 57.9 cm³/mol. The van der Waals surface area contributed by atoms with Gasteiger partial charge in [-0.2, -0.15) is 0 Å². The third-order valence-corrected chi connectivity index (χ3v) is 2.35. The number of hydrogen-bond acceptors (Lipinski definition) is 3. The Morgan fingerprint density at radius 3 is 2.33 bits per heavy atom. The summed E-state index contributed by atoms with van der Waals surface area (Å²) in [6.45, 7) is 5.04. The summed E-state index contributed by atoms with van der Waals surface area (Å²) in [7, 11) is 0. The third kappa shape index (κ3) is 3.02. The van der Waals surface area contributed by atoms with E-state index in [9.17, 15) is 10.3 Å². The minimum Gasteiger partial charge on any atom is -0.594 e. The number of nitrogens with zero attached hydrogens (tertiary/aromatic N) is 2. The lowest BCUT2D eigenvalue weighted by Gasteiger charge is -2.19. The van der Waals surface area contributed by atoms with Crippen molar-refractivity contribution in [1.29, 1.82) is 0 Å². The van der Waals surface area contributed by atoms with Gasteiger partial charge in [0.2, 0.25) is 5.69 Å². The van der Waals surface area contributed by atoms with Crippen molar-refractivity contribution >= 4 is 5.69 Å². The number of para-hydroxylation sites is 1. The summed E-state index contributed by atoms with van der Waals surface area (Å²) in [5.41, 5.74) is -0.316. The summed E-state index contributed by atoms with van der Waals surface area (Å²) in [6.07, 6.45) is -0.669. The molecule has 0 aromatic heterocycles. The number of hydrogen-bond donors (Lipinski definition) is 1. The highest BCUT2D eigenvalue weighted by Gasteiger charge is 2.28. The van der Waals surface area contributed by atoms with Crippen LogP contribution < -0.4 is 0 Å². The van der Waals surface area contributed by atoms with Crippen LogP contribution in [0.15, 0.2) is 35.4 Å². The van der Waals surface area contributed by atoms with Crippen LogP contribution in [0.2, 0.25) is 0 Å². The first-order valence-corrected chi connectivity index (χ1v) is 4.86. The first kappa shape index (κ1) is 11.7. The van der Waals surface area contributed by atoms with Crippen molar-refractivity contribution in [3.8, 4) is 0 Å². The van der Waals surface area contributed by atoms with Gasteiger partial charge in [0.15, 0.2) is 0 Å². The highest BCUT2D eigenvalue weighted by molar-refractivity contribution is 5.27. The zero-order valence-corrected chi connectivity index (χ0v) is 9.21. The van der Waals surface area contributed by atoms with Crippen LogP contribution >= 0.6 is 0 Å². The fraction of sp³-hybridized carbons (Fsp3) is 0.455. The van der Waals surface area contributed by atoms with Crippen LogP contribution in [0.3, 0.4) is 0 Å². The molecule has 1 unspecified atom stereocenters. The van der Waals surface area contributed by atoms with E-state index in [1.54, 1.807) is 45.0 Å². The van der Waals surface area contributed by atoms with Crippen LogP contribution in [0.1, 0.15) is 20.8 Å². The summed E-state index contributed by atoms with van der Waals surface area (Å²) in [6, 6.07) is 8.72. The molecule has 1 aromatic rings. The summed E-state index contributed by atoms with van der Waals surface area (Å²) in [5, 5.41) is 24.9. The lowest BCUT2D eigenvalue weighted by Crippen LogP contribution is -2.32. The monoisotopic (exact) mass is 208 g/mol. The molecule has 0 aliphatic carbocycles. The average Bonchev–Trinajstić information content (AvgIpc) is 2.18. The van der Waals surface area contributed by atoms with Crippen LogP contribution in [0.5, 0.6) is 0 Å². The van der Waals surface area contributed by atoms with Gasteiger partial charge in [0.05, 0.1) is 6.10 Å². The minimum absolute atomic E-state index is 0.464. The molecule has 0 aliphatic rings. The molecule has 1 atom stereocenters. The van der Waals surface area contributed by atoms with Crippen molar-refractivity contribution < 1.29 is 9.97 Å². The van der Waals surface area contributed by atoms with Crippen LogP contribution in [-0.2, 0) is 0 Å². The lowest BCUT2D eigenvalue weighted by molar-refractivity contribution is -0.452. The van der Waals surface area contributed by atoms with Crippen molar-refractivity contribution in [1.82, 2.24) is 0 Å². The molecule has 4 heteroatoms. The minimum atomic E-state index is -0.780. The van der Waals surface area contributed by atoms with Crippen molar-refractivity contribution in [3.05, 3.63) is 35.5 Å². The van der Waals surface area contributed by atoms with Crippen molar-refractivity contribution in [2.75, 3.05) is 0 Å². The Morgan fingerprint density at radius 2 is 1.87 bits per heavy atom. The molecule has 1 N–H and O–H groups in total. The van der Waals surface area contributed by atoms with Gasteiger partial charge in [-0.15, -0.1) is 0 Å². The fourth-order valence-corrected chi connectivity index (χ4v) is 0.931. The molecule has 0 fully saturated rings. The van der Waals surface area contributed by atoms with E-state index in [0.717, 1.165) is 0 Å². The average molecular weight is 208 g/mol. The van der Waals surface area contributed by atoms with Crippen LogP contribution in [-0.4, -0.2) is 21.6 Å². The molecule has 0 amide bonds. The molecule has 1 aromatic carbocycles. The number of aliphatic hydroxyl groups excluding tert-OH is 1. The summed E-state index contributed by atoms with van der Waals surface area (Å²) >= 11 is 0. The highest BCUT2D eigenvalue weighted by atomic mass is 16.5. The first-order valence-electron chi connectivity index (χ1n) is 4.86. The van der Waals surface area contributed by atoms with E-state index >= 15 is 0 Å². The summed E-state index contributed by atoms with van der Waals surface area (Å²) in [4.78, 5) is 0.548. The van der Waals surface area contributed by atoms with Gasteiger partial charge in [-0.3, -0.25) is 0 Å². The normalized spacial score (nSPS) is 15.1. The quantitative estimate of drug-likeness (QED) is 0.471. The van der Waals surface area contributed by atoms with Crippen molar-refractivity contribution in [2.24, 2.45) is 5.11 Å². The Kier molecular flexibility index (Phi) is 3.42. The number of rotatable bonds is 3. The maximum Gasteiger partial charge on any atom is 0.244 e. The Balaban J connectivity index is 2.95. The van der Waals surface area contributed by atoms with Crippen molar-refractivity contribution in [2.45, 2.75) is 32.4 Å². The zero-order chi connectivity index (χ0) is 11.5. The maximum absolute atomic E-state index is 11.6. The molecule has 82 valence electrons. The van der Waals surface area contributed by atoms with Gasteiger partial charge in [-0.25, -0.2) is 0 Å².